The SMILES string of the molecule is COC(=O)CC(=O)c1ccc(Br)cc1Cl. The molecule has 1 aromatic rings. The molecule has 0 spiro atoms. The fourth-order valence-electron chi connectivity index (χ4n) is 1.01. The minimum atomic E-state index is -0.570. The molecule has 0 heterocycles. The molecule has 0 aliphatic carbocycles. The molecule has 0 radical (unpaired) electrons. The highest BCUT2D eigenvalue weighted by Gasteiger charge is 2.14. The van der Waals surface area contributed by atoms with Crippen molar-refractivity contribution in [3.63, 3.8) is 0 Å². The lowest BCUT2D eigenvalue weighted by molar-refractivity contribution is -0.139. The maximum Gasteiger partial charge on any atom is 0.313 e. The van der Waals surface area contributed by atoms with Crippen molar-refractivity contribution in [3.05, 3.63) is 33.3 Å². The maximum absolute atomic E-state index is 11.5. The Kier molecular flexibility index (Phi) is 4.29. The molecule has 0 aliphatic heterocycles. The normalized spacial score (nSPS) is 9.80. The molecule has 0 bridgehead atoms. The zero-order chi connectivity index (χ0) is 11.4. The van der Waals surface area contributed by atoms with E-state index in [1.165, 1.54) is 7.11 Å². The van der Waals surface area contributed by atoms with Crippen LogP contribution in [-0.2, 0) is 9.53 Å². The average molecular weight is 292 g/mol. The van der Waals surface area contributed by atoms with Crippen molar-refractivity contribution >= 4 is 39.3 Å². The molecule has 0 unspecified atom stereocenters. The van der Waals surface area contributed by atoms with Crippen LogP contribution in [0.3, 0.4) is 0 Å². The van der Waals surface area contributed by atoms with Crippen molar-refractivity contribution in [3.8, 4) is 0 Å². The Hall–Kier alpha value is -0.870. The summed E-state index contributed by atoms with van der Waals surface area (Å²) < 4.78 is 5.17. The quantitative estimate of drug-likeness (QED) is 0.488. The number of hydrogen-bond acceptors (Lipinski definition) is 3. The molecule has 0 saturated carbocycles. The molecule has 0 aliphatic rings. The minimum Gasteiger partial charge on any atom is -0.469 e. The van der Waals surface area contributed by atoms with E-state index in [0.29, 0.717) is 10.6 Å². The van der Waals surface area contributed by atoms with Gasteiger partial charge in [-0.1, -0.05) is 27.5 Å². The molecule has 5 heteroatoms. The Balaban J connectivity index is 2.87. The van der Waals surface area contributed by atoms with Crippen LogP contribution in [0.25, 0.3) is 0 Å². The number of carbonyl (C=O) groups excluding carboxylic acids is 2. The third-order valence-electron chi connectivity index (χ3n) is 1.76. The predicted molar refractivity (Wildman–Crippen MR) is 60.1 cm³/mol. The van der Waals surface area contributed by atoms with Crippen molar-refractivity contribution in [1.82, 2.24) is 0 Å². The molecule has 0 saturated heterocycles. The van der Waals surface area contributed by atoms with Gasteiger partial charge in [0.2, 0.25) is 0 Å². The van der Waals surface area contributed by atoms with E-state index >= 15 is 0 Å². The smallest absolute Gasteiger partial charge is 0.313 e. The molecule has 1 aromatic carbocycles. The highest BCUT2D eigenvalue weighted by Crippen LogP contribution is 2.22. The summed E-state index contributed by atoms with van der Waals surface area (Å²) in [6.07, 6.45) is -0.294. The Morgan fingerprint density at radius 2 is 2.13 bits per heavy atom. The van der Waals surface area contributed by atoms with Crippen LogP contribution in [0.1, 0.15) is 16.8 Å². The molecule has 0 fully saturated rings. The number of hydrogen-bond donors (Lipinski definition) is 0. The van der Waals surface area contributed by atoms with Crippen LogP contribution in [0.2, 0.25) is 5.02 Å². The second kappa shape index (κ2) is 5.28. The fourth-order valence-corrected chi connectivity index (χ4v) is 1.79. The van der Waals surface area contributed by atoms with E-state index in [2.05, 4.69) is 20.7 Å². The first kappa shape index (κ1) is 12.2. The van der Waals surface area contributed by atoms with E-state index in [0.717, 1.165) is 4.47 Å². The van der Waals surface area contributed by atoms with Gasteiger partial charge in [-0.2, -0.15) is 0 Å². The number of carbonyl (C=O) groups is 2. The lowest BCUT2D eigenvalue weighted by Crippen LogP contribution is -2.09. The molecular weight excluding hydrogens is 283 g/mol. The lowest BCUT2D eigenvalue weighted by atomic mass is 10.1. The topological polar surface area (TPSA) is 43.4 Å². The second-order valence-corrected chi connectivity index (χ2v) is 4.12. The van der Waals surface area contributed by atoms with Gasteiger partial charge in [0.15, 0.2) is 5.78 Å². The first-order valence-corrected chi connectivity index (χ1v) is 5.26. The van der Waals surface area contributed by atoms with Crippen LogP contribution in [0, 0.1) is 0 Å². The van der Waals surface area contributed by atoms with Crippen LogP contribution in [0.15, 0.2) is 22.7 Å². The Morgan fingerprint density at radius 1 is 1.47 bits per heavy atom. The number of ketones is 1. The molecule has 15 heavy (non-hydrogen) atoms. The van der Waals surface area contributed by atoms with Gasteiger partial charge in [0.05, 0.1) is 12.1 Å². The average Bonchev–Trinajstić information content (AvgIpc) is 2.17. The van der Waals surface area contributed by atoms with Gasteiger partial charge < -0.3 is 4.74 Å². The van der Waals surface area contributed by atoms with Crippen LogP contribution in [0.5, 0.6) is 0 Å². The fraction of sp³-hybridized carbons (Fsp3) is 0.200. The van der Waals surface area contributed by atoms with Gasteiger partial charge in [-0.05, 0) is 18.2 Å². The van der Waals surface area contributed by atoms with Crippen molar-refractivity contribution in [2.24, 2.45) is 0 Å². The highest BCUT2D eigenvalue weighted by atomic mass is 79.9. The zero-order valence-electron chi connectivity index (χ0n) is 7.92. The van der Waals surface area contributed by atoms with Crippen LogP contribution >= 0.6 is 27.5 Å². The Bertz CT molecular complexity index is 404. The molecule has 0 amide bonds. The Morgan fingerprint density at radius 3 is 2.67 bits per heavy atom. The minimum absolute atomic E-state index is 0.294. The summed E-state index contributed by atoms with van der Waals surface area (Å²) in [6.45, 7) is 0. The summed E-state index contributed by atoms with van der Waals surface area (Å²) in [7, 11) is 1.23. The van der Waals surface area contributed by atoms with Crippen molar-refractivity contribution < 1.29 is 14.3 Å². The summed E-state index contributed by atoms with van der Waals surface area (Å²) in [4.78, 5) is 22.4. The van der Waals surface area contributed by atoms with Gasteiger partial charge in [-0.15, -0.1) is 0 Å². The molecule has 3 nitrogen and oxygen atoms in total. The lowest BCUT2D eigenvalue weighted by Gasteiger charge is -2.02. The van der Waals surface area contributed by atoms with Crippen molar-refractivity contribution in [1.29, 1.82) is 0 Å². The second-order valence-electron chi connectivity index (χ2n) is 2.80. The number of methoxy groups -OCH3 is 1. The Labute approximate surface area is 100 Å². The van der Waals surface area contributed by atoms with E-state index < -0.39 is 5.97 Å². The van der Waals surface area contributed by atoms with Crippen LogP contribution < -0.4 is 0 Å². The summed E-state index contributed by atoms with van der Waals surface area (Å²) in [5.41, 5.74) is 0.324. The molecule has 1 rings (SSSR count). The van der Waals surface area contributed by atoms with Crippen molar-refractivity contribution in [2.75, 3.05) is 7.11 Å². The van der Waals surface area contributed by atoms with Gasteiger partial charge in [-0.3, -0.25) is 9.59 Å². The summed E-state index contributed by atoms with van der Waals surface area (Å²) >= 11 is 9.07. The summed E-state index contributed by atoms with van der Waals surface area (Å²) in [6, 6.07) is 4.86. The van der Waals surface area contributed by atoms with Crippen LogP contribution in [-0.4, -0.2) is 18.9 Å². The number of ether oxygens (including phenoxy) is 1. The molecule has 80 valence electrons. The van der Waals surface area contributed by atoms with E-state index in [4.69, 9.17) is 11.6 Å². The van der Waals surface area contributed by atoms with E-state index in [1.807, 2.05) is 0 Å². The van der Waals surface area contributed by atoms with Gasteiger partial charge >= 0.3 is 5.97 Å². The maximum atomic E-state index is 11.5. The number of esters is 1. The molecular formula is C10H8BrClO3. The highest BCUT2D eigenvalue weighted by molar-refractivity contribution is 9.10. The molecule has 0 atom stereocenters. The summed E-state index contributed by atoms with van der Waals surface area (Å²) in [5.74, 6) is -0.918. The first-order chi connectivity index (χ1) is 7.04. The number of rotatable bonds is 3. The predicted octanol–water partition coefficient (Wildman–Crippen LogP) is 2.85. The molecule has 0 aromatic heterocycles. The molecule has 0 N–H and O–H groups in total. The van der Waals surface area contributed by atoms with Gasteiger partial charge in [-0.25, -0.2) is 0 Å². The van der Waals surface area contributed by atoms with E-state index in [-0.39, 0.29) is 12.2 Å². The van der Waals surface area contributed by atoms with Gasteiger partial charge in [0, 0.05) is 10.0 Å². The van der Waals surface area contributed by atoms with E-state index in [9.17, 15) is 9.59 Å². The number of halogens is 2. The van der Waals surface area contributed by atoms with Gasteiger partial charge in [0.1, 0.15) is 6.42 Å². The third-order valence-corrected chi connectivity index (χ3v) is 2.57. The number of benzene rings is 1. The standard InChI is InChI=1S/C10H8BrClO3/c1-15-10(14)5-9(13)7-3-2-6(11)4-8(7)12/h2-4H,5H2,1H3. The monoisotopic (exact) mass is 290 g/mol. The largest absolute Gasteiger partial charge is 0.469 e. The third kappa shape index (κ3) is 3.32. The van der Waals surface area contributed by atoms with Gasteiger partial charge in [0.25, 0.3) is 0 Å². The van der Waals surface area contributed by atoms with E-state index in [1.54, 1.807) is 18.2 Å². The summed E-state index contributed by atoms with van der Waals surface area (Å²) in [5, 5.41) is 0.318. The van der Waals surface area contributed by atoms with Crippen LogP contribution in [0.4, 0.5) is 0 Å². The van der Waals surface area contributed by atoms with Crippen molar-refractivity contribution in [2.45, 2.75) is 6.42 Å². The zero-order valence-corrected chi connectivity index (χ0v) is 10.3. The number of Topliss-reactive ketones (excluding diaryl/α,β-unsaturated/α-hetero) is 1. The first-order valence-electron chi connectivity index (χ1n) is 4.09.